The van der Waals surface area contributed by atoms with Crippen LogP contribution in [0.1, 0.15) is 27.2 Å². The van der Waals surface area contributed by atoms with Gasteiger partial charge in [-0.1, -0.05) is 0 Å². The summed E-state index contributed by atoms with van der Waals surface area (Å²) in [6, 6.07) is 0.788. The number of nitrogens with one attached hydrogen (secondary N) is 1. The van der Waals surface area contributed by atoms with Crippen molar-refractivity contribution < 1.29 is 23.5 Å². The van der Waals surface area contributed by atoms with Crippen molar-refractivity contribution in [3.05, 3.63) is 11.6 Å². The maximum absolute atomic E-state index is 11.6. The summed E-state index contributed by atoms with van der Waals surface area (Å²) >= 11 is 0. The van der Waals surface area contributed by atoms with E-state index >= 15 is 0 Å². The van der Waals surface area contributed by atoms with Gasteiger partial charge in [-0.15, -0.1) is 0 Å². The van der Waals surface area contributed by atoms with E-state index in [0.717, 1.165) is 18.5 Å². The number of carboxylic acid groups (broad SMARTS) is 1. The van der Waals surface area contributed by atoms with Crippen LogP contribution < -0.4 is 5.32 Å². The Morgan fingerprint density at radius 1 is 1.25 bits per heavy atom. The molecule has 0 bridgehead atoms. The van der Waals surface area contributed by atoms with Gasteiger partial charge in [0.15, 0.2) is 0 Å². The van der Waals surface area contributed by atoms with Crippen molar-refractivity contribution in [2.45, 2.75) is 39.8 Å². The molecule has 0 atom stereocenters. The molecule has 0 saturated heterocycles. The summed E-state index contributed by atoms with van der Waals surface area (Å²) in [7, 11) is -2.13. The molecule has 6 nitrogen and oxygen atoms in total. The van der Waals surface area contributed by atoms with Gasteiger partial charge in [-0.2, -0.15) is 0 Å². The van der Waals surface area contributed by atoms with Crippen LogP contribution in [0, 0.1) is 0 Å². The summed E-state index contributed by atoms with van der Waals surface area (Å²) < 4.78 is 11.4. The lowest BCUT2D eigenvalue weighted by atomic mass is 10.2. The number of carbonyl (C=O) groups excluding carboxylic acids is 1. The number of hydrogen-bond acceptors (Lipinski definition) is 4. The number of amides is 1. The van der Waals surface area contributed by atoms with Crippen molar-refractivity contribution in [2.24, 2.45) is 0 Å². The zero-order valence-electron chi connectivity index (χ0n) is 12.7. The van der Waals surface area contributed by atoms with Gasteiger partial charge >= 0.3 is 14.5 Å². The smallest absolute Gasteiger partial charge is 0.334 e. The number of rotatable bonds is 10. The minimum atomic E-state index is -2.13. The van der Waals surface area contributed by atoms with Crippen LogP contribution in [0.2, 0.25) is 12.6 Å². The molecule has 20 heavy (non-hydrogen) atoms. The average molecular weight is 303 g/mol. The molecular weight excluding hydrogens is 278 g/mol. The van der Waals surface area contributed by atoms with Gasteiger partial charge in [0.1, 0.15) is 0 Å². The normalized spacial score (nSPS) is 12.3. The summed E-state index contributed by atoms with van der Waals surface area (Å²) in [5.41, 5.74) is 0.187. The fraction of sp³-hybridized carbons (Fsp3) is 0.692. The molecule has 0 fully saturated rings. The Bertz CT molecular complexity index is 351. The highest BCUT2D eigenvalue weighted by molar-refractivity contribution is 6.66. The van der Waals surface area contributed by atoms with Crippen LogP contribution in [0.15, 0.2) is 11.6 Å². The van der Waals surface area contributed by atoms with Crippen molar-refractivity contribution in [3.8, 4) is 0 Å². The highest BCUT2D eigenvalue weighted by Crippen LogP contribution is 2.15. The average Bonchev–Trinajstić information content (AvgIpc) is 2.34. The highest BCUT2D eigenvalue weighted by atomic mass is 28.4. The molecule has 116 valence electrons. The lowest BCUT2D eigenvalue weighted by Gasteiger charge is -2.25. The predicted octanol–water partition coefficient (Wildman–Crippen LogP) is 1.67. The second-order valence-corrected chi connectivity index (χ2v) is 7.87. The van der Waals surface area contributed by atoms with Gasteiger partial charge in [0, 0.05) is 31.4 Å². The van der Waals surface area contributed by atoms with E-state index in [4.69, 9.17) is 14.0 Å². The lowest BCUT2D eigenvalue weighted by molar-refractivity contribution is -0.131. The number of carbonyl (C=O) groups is 2. The number of hydrogen-bond donors (Lipinski definition) is 2. The van der Waals surface area contributed by atoms with Crippen LogP contribution in [-0.2, 0) is 18.4 Å². The third-order valence-corrected chi connectivity index (χ3v) is 5.75. The van der Waals surface area contributed by atoms with Gasteiger partial charge in [-0.25, -0.2) is 4.79 Å². The molecule has 1 amide bonds. The van der Waals surface area contributed by atoms with E-state index in [2.05, 4.69) is 5.32 Å². The van der Waals surface area contributed by atoms with Crippen molar-refractivity contribution in [2.75, 3.05) is 19.8 Å². The van der Waals surface area contributed by atoms with Gasteiger partial charge in [-0.3, -0.25) is 4.79 Å². The van der Waals surface area contributed by atoms with Crippen molar-refractivity contribution in [3.63, 3.8) is 0 Å². The Morgan fingerprint density at radius 2 is 1.80 bits per heavy atom. The molecule has 0 aliphatic rings. The van der Waals surface area contributed by atoms with E-state index in [-0.39, 0.29) is 11.5 Å². The van der Waals surface area contributed by atoms with Crippen LogP contribution in [-0.4, -0.2) is 45.3 Å². The Balaban J connectivity index is 4.11. The molecule has 0 spiro atoms. The summed E-state index contributed by atoms with van der Waals surface area (Å²) in [5.74, 6) is -1.48. The van der Waals surface area contributed by atoms with Crippen LogP contribution in [0.25, 0.3) is 0 Å². The molecular formula is C13H25NO5Si. The molecule has 0 radical (unpaired) electrons. The number of carboxylic acids is 1. The lowest BCUT2D eigenvalue weighted by Crippen LogP contribution is -2.39. The maximum Gasteiger partial charge on any atom is 0.334 e. The van der Waals surface area contributed by atoms with Gasteiger partial charge in [-0.05, 0) is 39.8 Å². The molecule has 0 aromatic heterocycles. The quantitative estimate of drug-likeness (QED) is 0.364. The van der Waals surface area contributed by atoms with Gasteiger partial charge < -0.3 is 19.3 Å². The summed E-state index contributed by atoms with van der Waals surface area (Å²) in [6.45, 7) is 9.08. The van der Waals surface area contributed by atoms with E-state index in [0.29, 0.717) is 19.8 Å². The van der Waals surface area contributed by atoms with Crippen LogP contribution in [0.5, 0.6) is 0 Å². The van der Waals surface area contributed by atoms with Crippen molar-refractivity contribution in [1.82, 2.24) is 5.32 Å². The third kappa shape index (κ3) is 8.08. The zero-order chi connectivity index (χ0) is 15.6. The molecule has 2 N–H and O–H groups in total. The molecule has 0 aromatic carbocycles. The van der Waals surface area contributed by atoms with Gasteiger partial charge in [0.25, 0.3) is 0 Å². The minimum absolute atomic E-state index is 0.187. The van der Waals surface area contributed by atoms with Crippen LogP contribution >= 0.6 is 0 Å². The van der Waals surface area contributed by atoms with Gasteiger partial charge in [0.05, 0.1) is 0 Å². The molecule has 0 heterocycles. The first-order chi connectivity index (χ1) is 9.34. The fourth-order valence-electron chi connectivity index (χ4n) is 1.80. The number of aliphatic carboxylic acids is 1. The molecule has 7 heteroatoms. The molecule has 0 aliphatic carbocycles. The third-order valence-electron chi connectivity index (χ3n) is 2.69. The predicted molar refractivity (Wildman–Crippen MR) is 78.7 cm³/mol. The Hall–Kier alpha value is -1.18. The summed E-state index contributed by atoms with van der Waals surface area (Å²) in [6.07, 6.45) is 1.64. The Morgan fingerprint density at radius 3 is 2.25 bits per heavy atom. The molecule has 0 aliphatic heterocycles. The van der Waals surface area contributed by atoms with E-state index in [1.807, 2.05) is 20.4 Å². The van der Waals surface area contributed by atoms with Crippen LogP contribution in [0.4, 0.5) is 0 Å². The molecule has 0 saturated carbocycles. The first kappa shape index (κ1) is 18.8. The highest BCUT2D eigenvalue weighted by Gasteiger charge is 2.29. The first-order valence-electron chi connectivity index (χ1n) is 6.82. The van der Waals surface area contributed by atoms with Crippen LogP contribution in [0.3, 0.4) is 0 Å². The van der Waals surface area contributed by atoms with E-state index in [1.165, 1.54) is 6.92 Å². The zero-order valence-corrected chi connectivity index (χ0v) is 13.7. The Kier molecular flexibility index (Phi) is 9.11. The molecule has 0 rings (SSSR count). The Labute approximate surface area is 121 Å². The topological polar surface area (TPSA) is 84.9 Å². The van der Waals surface area contributed by atoms with E-state index < -0.39 is 14.5 Å². The fourth-order valence-corrected chi connectivity index (χ4v) is 4.21. The van der Waals surface area contributed by atoms with E-state index in [1.54, 1.807) is 0 Å². The maximum atomic E-state index is 11.6. The monoisotopic (exact) mass is 303 g/mol. The second kappa shape index (κ2) is 9.68. The van der Waals surface area contributed by atoms with Crippen molar-refractivity contribution in [1.29, 1.82) is 0 Å². The summed E-state index contributed by atoms with van der Waals surface area (Å²) in [5, 5.41) is 11.2. The minimum Gasteiger partial charge on any atom is -0.478 e. The van der Waals surface area contributed by atoms with Gasteiger partial charge in [0.2, 0.25) is 5.91 Å². The van der Waals surface area contributed by atoms with E-state index in [9.17, 15) is 9.59 Å². The first-order valence-corrected chi connectivity index (χ1v) is 9.34. The molecule has 0 aromatic rings. The second-order valence-electron chi connectivity index (χ2n) is 4.52. The van der Waals surface area contributed by atoms with Crippen molar-refractivity contribution >= 4 is 20.4 Å². The molecule has 0 unspecified atom stereocenters. The largest absolute Gasteiger partial charge is 0.478 e. The SMILES string of the molecule is CCO[Si](C)(CCCNC(=O)/C(C)=C/C(=O)O)OCC. The summed E-state index contributed by atoms with van der Waals surface area (Å²) in [4.78, 5) is 22.0. The standard InChI is InChI=1S/C13H25NO5Si/c1-5-18-20(4,19-6-2)9-7-8-14-13(17)11(3)10-12(15)16/h10H,5-9H2,1-4H3,(H,14,17)(H,15,16)/b11-10+.